The quantitative estimate of drug-likeness (QED) is 0.861. The summed E-state index contributed by atoms with van der Waals surface area (Å²) < 4.78 is 5.60. The maximum Gasteiger partial charge on any atom is 0.146 e. The highest BCUT2D eigenvalue weighted by atomic mass is 16.5. The monoisotopic (exact) mass is 338 g/mol. The Balaban J connectivity index is 1.45. The van der Waals surface area contributed by atoms with Crippen LogP contribution in [-0.4, -0.2) is 60.4 Å². The van der Waals surface area contributed by atoms with Crippen molar-refractivity contribution in [2.45, 2.75) is 6.10 Å². The van der Waals surface area contributed by atoms with Gasteiger partial charge in [-0.05, 0) is 24.3 Å². The lowest BCUT2D eigenvalue weighted by atomic mass is 10.2. The lowest BCUT2D eigenvalue weighted by molar-refractivity contribution is 0.0662. The normalized spacial score (nSPS) is 16.2. The van der Waals surface area contributed by atoms with Crippen molar-refractivity contribution in [2.24, 2.45) is 0 Å². The van der Waals surface area contributed by atoms with Crippen LogP contribution < -0.4 is 9.64 Å². The van der Waals surface area contributed by atoms with Gasteiger partial charge in [0.25, 0.3) is 0 Å². The molecule has 0 radical (unpaired) electrons. The molecule has 1 aromatic carbocycles. The summed E-state index contributed by atoms with van der Waals surface area (Å²) in [5.41, 5.74) is 0.604. The summed E-state index contributed by atoms with van der Waals surface area (Å²) in [4.78, 5) is 8.68. The highest BCUT2D eigenvalue weighted by Gasteiger charge is 2.21. The number of hydrogen-bond acceptors (Lipinski definition) is 6. The number of nitriles is 1. The summed E-state index contributed by atoms with van der Waals surface area (Å²) in [6, 6.07) is 15.3. The van der Waals surface area contributed by atoms with Crippen LogP contribution in [0.1, 0.15) is 5.56 Å². The van der Waals surface area contributed by atoms with E-state index in [-0.39, 0.29) is 6.61 Å². The van der Waals surface area contributed by atoms with E-state index in [9.17, 15) is 10.4 Å². The Kier molecular flexibility index (Phi) is 5.83. The number of nitrogens with zero attached hydrogens (tertiary/aromatic N) is 4. The number of aliphatic hydroxyl groups excluding tert-OH is 1. The molecule has 1 aliphatic heterocycles. The standard InChI is InChI=1S/C19H22N4O2/c20-13-16-5-4-8-21-19(16)23-11-9-22(10-12-23)14-17(24)15-25-18-6-2-1-3-7-18/h1-8,17,24H,9-12,14-15H2. The number of rotatable bonds is 6. The summed E-state index contributed by atoms with van der Waals surface area (Å²) in [5.74, 6) is 1.52. The Bertz CT molecular complexity index is 709. The first-order chi connectivity index (χ1) is 12.3. The highest BCUT2D eigenvalue weighted by molar-refractivity contribution is 5.53. The fraction of sp³-hybridized carbons (Fsp3) is 0.368. The molecule has 0 amide bonds. The fourth-order valence-corrected chi connectivity index (χ4v) is 2.94. The molecule has 1 unspecified atom stereocenters. The Morgan fingerprint density at radius 3 is 2.60 bits per heavy atom. The molecule has 3 rings (SSSR count). The van der Waals surface area contributed by atoms with E-state index >= 15 is 0 Å². The van der Waals surface area contributed by atoms with E-state index in [1.165, 1.54) is 0 Å². The number of pyridine rings is 1. The van der Waals surface area contributed by atoms with Gasteiger partial charge in [-0.15, -0.1) is 0 Å². The van der Waals surface area contributed by atoms with Crippen LogP contribution in [0.15, 0.2) is 48.7 Å². The zero-order chi connectivity index (χ0) is 17.5. The Labute approximate surface area is 147 Å². The largest absolute Gasteiger partial charge is 0.491 e. The van der Waals surface area contributed by atoms with Gasteiger partial charge in [0.05, 0.1) is 5.56 Å². The van der Waals surface area contributed by atoms with E-state index in [1.54, 1.807) is 18.3 Å². The van der Waals surface area contributed by atoms with Crippen molar-refractivity contribution in [3.63, 3.8) is 0 Å². The summed E-state index contributed by atoms with van der Waals surface area (Å²) in [5, 5.41) is 19.4. The van der Waals surface area contributed by atoms with E-state index in [4.69, 9.17) is 4.74 Å². The van der Waals surface area contributed by atoms with Crippen LogP contribution >= 0.6 is 0 Å². The van der Waals surface area contributed by atoms with E-state index in [0.717, 1.165) is 37.7 Å². The Morgan fingerprint density at radius 1 is 1.12 bits per heavy atom. The van der Waals surface area contributed by atoms with Crippen molar-refractivity contribution < 1.29 is 9.84 Å². The number of ether oxygens (including phenoxy) is 1. The van der Waals surface area contributed by atoms with Crippen molar-refractivity contribution in [3.8, 4) is 11.8 Å². The van der Waals surface area contributed by atoms with Gasteiger partial charge in [-0.2, -0.15) is 5.26 Å². The van der Waals surface area contributed by atoms with Crippen LogP contribution in [0.2, 0.25) is 0 Å². The predicted molar refractivity (Wildman–Crippen MR) is 95.5 cm³/mol. The second-order valence-corrected chi connectivity index (χ2v) is 6.05. The van der Waals surface area contributed by atoms with Crippen molar-refractivity contribution in [3.05, 3.63) is 54.2 Å². The van der Waals surface area contributed by atoms with Gasteiger partial charge in [-0.3, -0.25) is 4.90 Å². The fourth-order valence-electron chi connectivity index (χ4n) is 2.94. The molecule has 1 saturated heterocycles. The van der Waals surface area contributed by atoms with Gasteiger partial charge in [-0.25, -0.2) is 4.98 Å². The van der Waals surface area contributed by atoms with Crippen LogP contribution in [0.25, 0.3) is 0 Å². The molecular formula is C19H22N4O2. The molecule has 2 heterocycles. The molecule has 130 valence electrons. The minimum Gasteiger partial charge on any atom is -0.491 e. The molecule has 0 saturated carbocycles. The number of piperazine rings is 1. The Morgan fingerprint density at radius 2 is 1.88 bits per heavy atom. The van der Waals surface area contributed by atoms with Gasteiger partial charge in [0, 0.05) is 38.9 Å². The molecule has 1 fully saturated rings. The molecule has 0 bridgehead atoms. The molecule has 1 aliphatic rings. The van der Waals surface area contributed by atoms with Gasteiger partial charge in [-0.1, -0.05) is 18.2 Å². The van der Waals surface area contributed by atoms with Gasteiger partial charge in [0.15, 0.2) is 0 Å². The topological polar surface area (TPSA) is 72.6 Å². The molecule has 1 N–H and O–H groups in total. The van der Waals surface area contributed by atoms with E-state index < -0.39 is 6.10 Å². The maximum atomic E-state index is 10.2. The molecule has 25 heavy (non-hydrogen) atoms. The average molecular weight is 338 g/mol. The number of aromatic nitrogens is 1. The maximum absolute atomic E-state index is 10.2. The summed E-state index contributed by atoms with van der Waals surface area (Å²) in [6.45, 7) is 4.08. The number of hydrogen-bond donors (Lipinski definition) is 1. The predicted octanol–water partition coefficient (Wildman–Crippen LogP) is 1.52. The molecular weight excluding hydrogens is 316 g/mol. The number of para-hydroxylation sites is 1. The lowest BCUT2D eigenvalue weighted by Crippen LogP contribution is -2.49. The average Bonchev–Trinajstić information content (AvgIpc) is 2.68. The summed E-state index contributed by atoms with van der Waals surface area (Å²) in [6.07, 6.45) is 1.18. The lowest BCUT2D eigenvalue weighted by Gasteiger charge is -2.36. The number of benzene rings is 1. The molecule has 6 nitrogen and oxygen atoms in total. The van der Waals surface area contributed by atoms with E-state index in [1.807, 2.05) is 30.3 Å². The molecule has 1 atom stereocenters. The third-order valence-corrected chi connectivity index (χ3v) is 4.23. The highest BCUT2D eigenvalue weighted by Crippen LogP contribution is 2.18. The van der Waals surface area contributed by atoms with Gasteiger partial charge < -0.3 is 14.7 Å². The van der Waals surface area contributed by atoms with Gasteiger partial charge in [0.1, 0.15) is 30.3 Å². The van der Waals surface area contributed by atoms with E-state index in [2.05, 4.69) is 20.9 Å². The van der Waals surface area contributed by atoms with Crippen LogP contribution in [0.3, 0.4) is 0 Å². The van der Waals surface area contributed by atoms with Crippen molar-refractivity contribution in [2.75, 3.05) is 44.2 Å². The van der Waals surface area contributed by atoms with Crippen LogP contribution in [0.4, 0.5) is 5.82 Å². The number of aliphatic hydroxyl groups is 1. The first-order valence-corrected chi connectivity index (χ1v) is 8.44. The van der Waals surface area contributed by atoms with Gasteiger partial charge >= 0.3 is 0 Å². The molecule has 6 heteroatoms. The van der Waals surface area contributed by atoms with Gasteiger partial charge in [0.2, 0.25) is 0 Å². The molecule has 0 spiro atoms. The minimum atomic E-state index is -0.531. The molecule has 2 aromatic rings. The van der Waals surface area contributed by atoms with Crippen LogP contribution in [0.5, 0.6) is 5.75 Å². The Hall–Kier alpha value is -2.62. The second kappa shape index (κ2) is 8.47. The van der Waals surface area contributed by atoms with Crippen LogP contribution in [0, 0.1) is 11.3 Å². The SMILES string of the molecule is N#Cc1cccnc1N1CCN(CC(O)COc2ccccc2)CC1. The minimum absolute atomic E-state index is 0.281. The molecule has 1 aromatic heterocycles. The smallest absolute Gasteiger partial charge is 0.146 e. The third kappa shape index (κ3) is 4.69. The first kappa shape index (κ1) is 17.2. The zero-order valence-corrected chi connectivity index (χ0v) is 14.1. The number of anilines is 1. The zero-order valence-electron chi connectivity index (χ0n) is 14.1. The van der Waals surface area contributed by atoms with Crippen molar-refractivity contribution >= 4 is 5.82 Å². The summed E-state index contributed by atoms with van der Waals surface area (Å²) >= 11 is 0. The van der Waals surface area contributed by atoms with Crippen LogP contribution in [-0.2, 0) is 0 Å². The summed E-state index contributed by atoms with van der Waals surface area (Å²) in [7, 11) is 0. The van der Waals surface area contributed by atoms with E-state index in [0.29, 0.717) is 12.1 Å². The third-order valence-electron chi connectivity index (χ3n) is 4.23. The molecule has 0 aliphatic carbocycles. The first-order valence-electron chi connectivity index (χ1n) is 8.44. The van der Waals surface area contributed by atoms with Crippen molar-refractivity contribution in [1.82, 2.24) is 9.88 Å². The second-order valence-electron chi connectivity index (χ2n) is 6.05. The number of β-amino-alcohol motifs (C(OH)–C–C–N with tert-alkyl or cyclic N) is 1. The van der Waals surface area contributed by atoms with Crippen molar-refractivity contribution in [1.29, 1.82) is 5.26 Å².